The fourth-order valence-electron chi connectivity index (χ4n) is 4.91. The second-order valence-corrected chi connectivity index (χ2v) is 12.5. The van der Waals surface area contributed by atoms with E-state index in [4.69, 9.17) is 14.2 Å². The first kappa shape index (κ1) is 45.9. The zero-order valence-electron chi connectivity index (χ0n) is 31.4. The number of hydrogen-bond donors (Lipinski definition) is 0. The van der Waals surface area contributed by atoms with Crippen molar-refractivity contribution in [2.75, 3.05) is 13.2 Å². The molecule has 0 fully saturated rings. The Balaban J connectivity index is 4.49. The average Bonchev–Trinajstić information content (AvgIpc) is 3.10. The van der Waals surface area contributed by atoms with Crippen LogP contribution in [0, 0.1) is 0 Å². The summed E-state index contributed by atoms with van der Waals surface area (Å²) in [5.74, 6) is -1.08. The second kappa shape index (κ2) is 37.7. The third kappa shape index (κ3) is 36.0. The minimum atomic E-state index is -0.826. The molecule has 0 saturated carbocycles. The summed E-state index contributed by atoms with van der Waals surface area (Å²) in [4.78, 5) is 37.3. The van der Waals surface area contributed by atoms with Crippen molar-refractivity contribution in [3.63, 3.8) is 0 Å². The van der Waals surface area contributed by atoms with Crippen LogP contribution in [0.2, 0.25) is 0 Å². The van der Waals surface area contributed by atoms with Gasteiger partial charge in [-0.1, -0.05) is 164 Å². The monoisotopic (exact) mass is 683 g/mol. The zero-order chi connectivity index (χ0) is 35.9. The molecule has 0 saturated heterocycles. The Kier molecular flexibility index (Phi) is 35.2. The van der Waals surface area contributed by atoms with Crippen molar-refractivity contribution >= 4 is 17.9 Å². The summed E-state index contributed by atoms with van der Waals surface area (Å²) in [5, 5.41) is 0. The largest absolute Gasteiger partial charge is 0.462 e. The van der Waals surface area contributed by atoms with Gasteiger partial charge in [0.25, 0.3) is 0 Å². The molecule has 6 nitrogen and oxygen atoms in total. The van der Waals surface area contributed by atoms with Gasteiger partial charge in [-0.15, -0.1) is 0 Å². The summed E-state index contributed by atoms with van der Waals surface area (Å²) in [6.45, 7) is 6.21. The Morgan fingerprint density at radius 2 is 0.939 bits per heavy atom. The molecule has 6 heteroatoms. The van der Waals surface area contributed by atoms with Gasteiger partial charge in [0, 0.05) is 12.8 Å². The van der Waals surface area contributed by atoms with Crippen molar-refractivity contribution in [3.05, 3.63) is 72.9 Å². The average molecular weight is 683 g/mol. The predicted octanol–water partition coefficient (Wildman–Crippen LogP) is 12.0. The Morgan fingerprint density at radius 3 is 1.49 bits per heavy atom. The van der Waals surface area contributed by atoms with Gasteiger partial charge in [0.15, 0.2) is 6.10 Å². The fraction of sp³-hybridized carbons (Fsp3) is 0.651. The van der Waals surface area contributed by atoms with Crippen LogP contribution in [0.4, 0.5) is 0 Å². The molecule has 278 valence electrons. The smallest absolute Gasteiger partial charge is 0.310 e. The number of esters is 3. The molecule has 0 radical (unpaired) electrons. The summed E-state index contributed by atoms with van der Waals surface area (Å²) in [5.41, 5.74) is 0. The van der Waals surface area contributed by atoms with Gasteiger partial charge in [-0.3, -0.25) is 14.4 Å². The number of allylic oxidation sites excluding steroid dienone is 11. The predicted molar refractivity (Wildman–Crippen MR) is 205 cm³/mol. The van der Waals surface area contributed by atoms with Gasteiger partial charge >= 0.3 is 17.9 Å². The van der Waals surface area contributed by atoms with Crippen LogP contribution in [-0.4, -0.2) is 37.2 Å². The first-order valence-electron chi connectivity index (χ1n) is 19.5. The normalized spacial score (nSPS) is 12.8. The van der Waals surface area contributed by atoms with E-state index >= 15 is 0 Å². The second-order valence-electron chi connectivity index (χ2n) is 12.5. The number of ether oxygens (including phenoxy) is 3. The van der Waals surface area contributed by atoms with Crippen LogP contribution in [0.1, 0.15) is 162 Å². The van der Waals surface area contributed by atoms with E-state index in [0.717, 1.165) is 83.5 Å². The summed E-state index contributed by atoms with van der Waals surface area (Å²) in [6, 6.07) is 0. The quantitative estimate of drug-likeness (QED) is 0.0225. The molecular formula is C43H70O6. The highest BCUT2D eigenvalue weighted by atomic mass is 16.6. The van der Waals surface area contributed by atoms with Crippen LogP contribution in [0.15, 0.2) is 72.9 Å². The summed E-state index contributed by atoms with van der Waals surface area (Å²) < 4.78 is 16.4. The third-order valence-corrected chi connectivity index (χ3v) is 7.80. The van der Waals surface area contributed by atoms with Crippen molar-refractivity contribution in [1.82, 2.24) is 0 Å². The highest BCUT2D eigenvalue weighted by Gasteiger charge is 2.19. The van der Waals surface area contributed by atoms with Gasteiger partial charge in [0.1, 0.15) is 13.2 Å². The highest BCUT2D eigenvalue weighted by molar-refractivity contribution is 5.72. The van der Waals surface area contributed by atoms with Gasteiger partial charge in [-0.05, 0) is 51.4 Å². The molecule has 0 amide bonds. The zero-order valence-corrected chi connectivity index (χ0v) is 31.4. The van der Waals surface area contributed by atoms with Gasteiger partial charge < -0.3 is 14.2 Å². The van der Waals surface area contributed by atoms with E-state index in [1.807, 2.05) is 12.2 Å². The Morgan fingerprint density at radius 1 is 0.469 bits per heavy atom. The van der Waals surface area contributed by atoms with Crippen molar-refractivity contribution in [3.8, 4) is 0 Å². The number of unbranched alkanes of at least 4 members (excludes halogenated alkanes) is 13. The molecule has 1 atom stereocenters. The topological polar surface area (TPSA) is 78.9 Å². The Labute approximate surface area is 300 Å². The van der Waals surface area contributed by atoms with Gasteiger partial charge in [-0.25, -0.2) is 0 Å². The summed E-state index contributed by atoms with van der Waals surface area (Å²) in [6.07, 6.45) is 44.9. The maximum Gasteiger partial charge on any atom is 0.310 e. The molecule has 0 aromatic carbocycles. The van der Waals surface area contributed by atoms with Crippen LogP contribution >= 0.6 is 0 Å². The molecule has 0 aromatic heterocycles. The van der Waals surface area contributed by atoms with E-state index < -0.39 is 12.1 Å². The fourth-order valence-corrected chi connectivity index (χ4v) is 4.91. The lowest BCUT2D eigenvalue weighted by Gasteiger charge is -2.18. The van der Waals surface area contributed by atoms with Crippen molar-refractivity contribution < 1.29 is 28.6 Å². The van der Waals surface area contributed by atoms with Gasteiger partial charge in [0.2, 0.25) is 0 Å². The standard InChI is InChI=1S/C43H70O6/c1-4-7-10-13-16-19-20-21-22-25-27-30-33-36-42(45)48-39-40(49-43(46)37-34-31-28-24-18-15-12-9-6-3)38-47-41(44)35-32-29-26-23-17-14-11-8-5-2/h7,9-10,12-13,16,18-20,24,31,34,40H,4-6,8,11,14-15,17,21-23,25-30,32-33,35-39H2,1-3H3/b10-7-,12-9-,16-13-,20-19-,24-18-,34-31-. The lowest BCUT2D eigenvalue weighted by molar-refractivity contribution is -0.166. The Hall–Kier alpha value is -3.15. The maximum atomic E-state index is 12.5. The first-order valence-corrected chi connectivity index (χ1v) is 19.5. The number of carbonyl (C=O) groups excluding carboxylic acids is 3. The van der Waals surface area contributed by atoms with Crippen LogP contribution in [0.3, 0.4) is 0 Å². The molecule has 0 aliphatic heterocycles. The molecule has 0 N–H and O–H groups in total. The van der Waals surface area contributed by atoms with Crippen molar-refractivity contribution in [2.24, 2.45) is 0 Å². The molecule has 0 spiro atoms. The molecular weight excluding hydrogens is 612 g/mol. The molecule has 0 aliphatic carbocycles. The van der Waals surface area contributed by atoms with Crippen molar-refractivity contribution in [1.29, 1.82) is 0 Å². The minimum Gasteiger partial charge on any atom is -0.462 e. The summed E-state index contributed by atoms with van der Waals surface area (Å²) >= 11 is 0. The molecule has 49 heavy (non-hydrogen) atoms. The highest BCUT2D eigenvalue weighted by Crippen LogP contribution is 2.12. The van der Waals surface area contributed by atoms with E-state index in [2.05, 4.69) is 75.5 Å². The van der Waals surface area contributed by atoms with E-state index in [0.29, 0.717) is 12.8 Å². The van der Waals surface area contributed by atoms with E-state index in [9.17, 15) is 14.4 Å². The van der Waals surface area contributed by atoms with Crippen LogP contribution in [0.5, 0.6) is 0 Å². The maximum absolute atomic E-state index is 12.5. The Bertz CT molecular complexity index is 971. The lowest BCUT2D eigenvalue weighted by Crippen LogP contribution is -2.30. The number of rotatable bonds is 33. The lowest BCUT2D eigenvalue weighted by atomic mass is 10.1. The van der Waals surface area contributed by atoms with Crippen LogP contribution in [-0.2, 0) is 28.6 Å². The van der Waals surface area contributed by atoms with E-state index in [1.54, 1.807) is 6.08 Å². The minimum absolute atomic E-state index is 0.100. The molecule has 0 rings (SSSR count). The first-order chi connectivity index (χ1) is 24.0. The van der Waals surface area contributed by atoms with E-state index in [1.165, 1.54) is 38.5 Å². The number of carbonyl (C=O) groups is 3. The molecule has 0 heterocycles. The van der Waals surface area contributed by atoms with Crippen LogP contribution < -0.4 is 0 Å². The molecule has 1 unspecified atom stereocenters. The third-order valence-electron chi connectivity index (χ3n) is 7.80. The van der Waals surface area contributed by atoms with Crippen molar-refractivity contribution in [2.45, 2.75) is 168 Å². The molecule has 0 bridgehead atoms. The van der Waals surface area contributed by atoms with Crippen LogP contribution in [0.25, 0.3) is 0 Å². The van der Waals surface area contributed by atoms with Gasteiger partial charge in [-0.2, -0.15) is 0 Å². The SMILES string of the molecule is CC\C=C/C=C\C=C/CCCCCCCC(=O)OCC(COC(=O)CCCCCCCCCCC)OC(=O)C/C=C\C/C=C\C/C=C\CC. The molecule has 0 aliphatic rings. The van der Waals surface area contributed by atoms with E-state index in [-0.39, 0.29) is 31.6 Å². The molecule has 0 aromatic rings. The van der Waals surface area contributed by atoms with Gasteiger partial charge in [0.05, 0.1) is 6.42 Å². The summed E-state index contributed by atoms with van der Waals surface area (Å²) in [7, 11) is 0. The number of hydrogen-bond acceptors (Lipinski definition) is 6.